The second kappa shape index (κ2) is 5.66. The van der Waals surface area contributed by atoms with E-state index in [0.717, 1.165) is 16.2 Å². The molecule has 0 fully saturated rings. The van der Waals surface area contributed by atoms with Gasteiger partial charge in [-0.25, -0.2) is 4.98 Å². The van der Waals surface area contributed by atoms with Crippen molar-refractivity contribution in [3.8, 4) is 0 Å². The van der Waals surface area contributed by atoms with Gasteiger partial charge in [0.15, 0.2) is 4.96 Å². The van der Waals surface area contributed by atoms with Crippen LogP contribution in [-0.2, 0) is 11.3 Å². The van der Waals surface area contributed by atoms with Gasteiger partial charge in [0.25, 0.3) is 0 Å². The van der Waals surface area contributed by atoms with Crippen LogP contribution in [0.25, 0.3) is 11.0 Å². The molecule has 20 heavy (non-hydrogen) atoms. The van der Waals surface area contributed by atoms with Crippen molar-refractivity contribution in [3.63, 3.8) is 0 Å². The maximum atomic E-state index is 11.7. The highest BCUT2D eigenvalue weighted by Gasteiger charge is 2.01. The fourth-order valence-corrected chi connectivity index (χ4v) is 2.48. The zero-order chi connectivity index (χ0) is 13.8. The van der Waals surface area contributed by atoms with Gasteiger partial charge >= 0.3 is 0 Å². The molecule has 0 aromatic carbocycles. The van der Waals surface area contributed by atoms with Crippen molar-refractivity contribution in [2.75, 3.05) is 0 Å². The topological polar surface area (TPSA) is 59.3 Å². The number of pyridine rings is 1. The quantitative estimate of drug-likeness (QED) is 0.747. The minimum Gasteiger partial charge on any atom is -0.348 e. The summed E-state index contributed by atoms with van der Waals surface area (Å²) in [5.41, 5.74) is 1.86. The number of hydrogen-bond acceptors (Lipinski definition) is 4. The molecular formula is C14H12N4OS. The number of nitrogens with one attached hydrogen (secondary N) is 1. The number of nitrogens with zero attached hydrogens (tertiary/aromatic N) is 3. The van der Waals surface area contributed by atoms with Gasteiger partial charge in [0.1, 0.15) is 0 Å². The number of thiazole rings is 1. The number of amides is 1. The Morgan fingerprint density at radius 1 is 1.45 bits per heavy atom. The molecule has 0 saturated heterocycles. The van der Waals surface area contributed by atoms with E-state index in [1.54, 1.807) is 36.0 Å². The number of carbonyl (C=O) groups excluding carboxylic acids is 1. The number of imidazole rings is 1. The molecule has 100 valence electrons. The van der Waals surface area contributed by atoms with E-state index in [4.69, 9.17) is 0 Å². The van der Waals surface area contributed by atoms with Gasteiger partial charge in [0.2, 0.25) is 5.91 Å². The number of aromatic nitrogens is 3. The van der Waals surface area contributed by atoms with E-state index in [9.17, 15) is 4.79 Å². The summed E-state index contributed by atoms with van der Waals surface area (Å²) >= 11 is 1.56. The van der Waals surface area contributed by atoms with Crippen molar-refractivity contribution in [1.82, 2.24) is 19.7 Å². The van der Waals surface area contributed by atoms with E-state index in [2.05, 4.69) is 15.3 Å². The predicted octanol–water partition coefficient (Wildman–Crippen LogP) is 2.12. The van der Waals surface area contributed by atoms with Crippen LogP contribution in [0.2, 0.25) is 0 Å². The molecule has 1 amide bonds. The fraction of sp³-hybridized carbons (Fsp3) is 0.0714. The van der Waals surface area contributed by atoms with E-state index in [-0.39, 0.29) is 5.91 Å². The lowest BCUT2D eigenvalue weighted by molar-refractivity contribution is -0.116. The molecule has 5 nitrogen and oxygen atoms in total. The van der Waals surface area contributed by atoms with E-state index < -0.39 is 0 Å². The molecule has 6 heteroatoms. The minimum atomic E-state index is -0.140. The van der Waals surface area contributed by atoms with Gasteiger partial charge in [0, 0.05) is 36.6 Å². The Kier molecular flexibility index (Phi) is 3.56. The number of hydrogen-bond donors (Lipinski definition) is 1. The summed E-state index contributed by atoms with van der Waals surface area (Å²) in [4.78, 5) is 20.9. The summed E-state index contributed by atoms with van der Waals surface area (Å²) in [6.45, 7) is 0.470. The Morgan fingerprint density at radius 2 is 2.40 bits per heavy atom. The highest BCUT2D eigenvalue weighted by atomic mass is 32.1. The summed E-state index contributed by atoms with van der Waals surface area (Å²) in [6, 6.07) is 3.76. The highest BCUT2D eigenvalue weighted by Crippen LogP contribution is 2.13. The van der Waals surface area contributed by atoms with Crippen molar-refractivity contribution < 1.29 is 4.79 Å². The van der Waals surface area contributed by atoms with Crippen LogP contribution in [0.1, 0.15) is 11.3 Å². The van der Waals surface area contributed by atoms with E-state index in [1.165, 1.54) is 6.08 Å². The Morgan fingerprint density at radius 3 is 3.25 bits per heavy atom. The largest absolute Gasteiger partial charge is 0.348 e. The third-order valence-electron chi connectivity index (χ3n) is 2.77. The molecule has 0 unspecified atom stereocenters. The molecule has 0 saturated carbocycles. The van der Waals surface area contributed by atoms with Gasteiger partial charge in [-0.2, -0.15) is 0 Å². The Balaban J connectivity index is 1.61. The van der Waals surface area contributed by atoms with E-state index >= 15 is 0 Å². The molecule has 0 spiro atoms. The molecular weight excluding hydrogens is 272 g/mol. The number of fused-ring (bicyclic) bond motifs is 1. The fourth-order valence-electron chi connectivity index (χ4n) is 1.78. The first-order chi connectivity index (χ1) is 9.83. The van der Waals surface area contributed by atoms with Crippen LogP contribution in [0.3, 0.4) is 0 Å². The van der Waals surface area contributed by atoms with Crippen molar-refractivity contribution in [3.05, 3.63) is 59.6 Å². The molecule has 3 aromatic rings. The van der Waals surface area contributed by atoms with Gasteiger partial charge < -0.3 is 5.32 Å². The predicted molar refractivity (Wildman–Crippen MR) is 78.2 cm³/mol. The third kappa shape index (κ3) is 2.75. The van der Waals surface area contributed by atoms with Crippen molar-refractivity contribution in [2.24, 2.45) is 0 Å². The maximum Gasteiger partial charge on any atom is 0.244 e. The molecule has 0 atom stereocenters. The van der Waals surface area contributed by atoms with Gasteiger partial charge in [-0.3, -0.25) is 14.2 Å². The van der Waals surface area contributed by atoms with Crippen LogP contribution in [0.15, 0.2) is 48.4 Å². The standard InChI is InChI=1S/C14H12N4OS/c19-13(16-9-11-2-1-5-15-8-11)4-3-12-10-17-14-18(12)6-7-20-14/h1-8,10H,9H2,(H,16,19)/b4-3+. The summed E-state index contributed by atoms with van der Waals surface area (Å²) in [5, 5.41) is 4.77. The van der Waals surface area contributed by atoms with Gasteiger partial charge in [-0.1, -0.05) is 6.07 Å². The van der Waals surface area contributed by atoms with Crippen LogP contribution in [0.5, 0.6) is 0 Å². The minimum absolute atomic E-state index is 0.140. The smallest absolute Gasteiger partial charge is 0.244 e. The molecule has 0 aliphatic rings. The zero-order valence-electron chi connectivity index (χ0n) is 10.6. The molecule has 0 radical (unpaired) electrons. The second-order valence-electron chi connectivity index (χ2n) is 4.15. The monoisotopic (exact) mass is 284 g/mol. The number of carbonyl (C=O) groups is 1. The summed E-state index contributed by atoms with van der Waals surface area (Å²) in [6.07, 6.45) is 10.4. The first-order valence-corrected chi connectivity index (χ1v) is 6.96. The third-order valence-corrected chi connectivity index (χ3v) is 3.54. The first kappa shape index (κ1) is 12.6. The maximum absolute atomic E-state index is 11.7. The first-order valence-electron chi connectivity index (χ1n) is 6.08. The van der Waals surface area contributed by atoms with Crippen molar-refractivity contribution >= 4 is 28.3 Å². The van der Waals surface area contributed by atoms with Gasteiger partial charge in [-0.05, 0) is 17.7 Å². The lowest BCUT2D eigenvalue weighted by Crippen LogP contribution is -2.20. The molecule has 3 rings (SSSR count). The van der Waals surface area contributed by atoms with Crippen LogP contribution < -0.4 is 5.32 Å². The lowest BCUT2D eigenvalue weighted by atomic mass is 10.3. The average molecular weight is 284 g/mol. The van der Waals surface area contributed by atoms with E-state index in [0.29, 0.717) is 6.54 Å². The van der Waals surface area contributed by atoms with Crippen molar-refractivity contribution in [2.45, 2.75) is 6.54 Å². The van der Waals surface area contributed by atoms with Crippen LogP contribution in [0, 0.1) is 0 Å². The molecule has 0 bridgehead atoms. The van der Waals surface area contributed by atoms with Gasteiger partial charge in [0.05, 0.1) is 11.9 Å². The molecule has 3 heterocycles. The number of rotatable bonds is 4. The van der Waals surface area contributed by atoms with Crippen molar-refractivity contribution in [1.29, 1.82) is 0 Å². The normalized spacial score (nSPS) is 11.2. The Hall–Kier alpha value is -2.47. The van der Waals surface area contributed by atoms with Crippen LogP contribution in [-0.4, -0.2) is 20.3 Å². The SMILES string of the molecule is O=C(/C=C/c1cnc2sccn12)NCc1cccnc1. The Labute approximate surface area is 119 Å². The Bertz CT molecular complexity index is 745. The summed E-state index contributed by atoms with van der Waals surface area (Å²) < 4.78 is 1.94. The van der Waals surface area contributed by atoms with Gasteiger partial charge in [-0.15, -0.1) is 11.3 Å². The van der Waals surface area contributed by atoms with Crippen LogP contribution >= 0.6 is 11.3 Å². The molecule has 1 N–H and O–H groups in total. The summed E-state index contributed by atoms with van der Waals surface area (Å²) in [7, 11) is 0. The molecule has 0 aliphatic carbocycles. The van der Waals surface area contributed by atoms with Crippen LogP contribution in [0.4, 0.5) is 0 Å². The molecule has 3 aromatic heterocycles. The summed E-state index contributed by atoms with van der Waals surface area (Å²) in [5.74, 6) is -0.140. The second-order valence-corrected chi connectivity index (χ2v) is 5.02. The average Bonchev–Trinajstić information content (AvgIpc) is 3.07. The van der Waals surface area contributed by atoms with E-state index in [1.807, 2.05) is 28.1 Å². The lowest BCUT2D eigenvalue weighted by Gasteiger charge is -2.01. The molecule has 0 aliphatic heterocycles. The highest BCUT2D eigenvalue weighted by molar-refractivity contribution is 7.15. The zero-order valence-corrected chi connectivity index (χ0v) is 11.4.